The Morgan fingerprint density at radius 2 is 2.20 bits per heavy atom. The molecule has 2 atom stereocenters. The van der Waals surface area contributed by atoms with Crippen molar-refractivity contribution < 1.29 is 4.79 Å². The summed E-state index contributed by atoms with van der Waals surface area (Å²) in [6, 6.07) is 2.11. The number of carbonyl (C=O) groups excluding carboxylic acids is 1. The number of nitrogens with zero attached hydrogens (tertiary/aromatic N) is 1. The Hall–Kier alpha value is -0.840. The van der Waals surface area contributed by atoms with Crippen LogP contribution in [0.25, 0.3) is 0 Å². The van der Waals surface area contributed by atoms with Crippen molar-refractivity contribution in [3.8, 4) is 6.07 Å². The number of carbonyl (C=O) groups is 1. The summed E-state index contributed by atoms with van der Waals surface area (Å²) >= 11 is 0. The highest BCUT2D eigenvalue weighted by atomic mass is 16.1. The van der Waals surface area contributed by atoms with Crippen molar-refractivity contribution in [1.82, 2.24) is 0 Å². The van der Waals surface area contributed by atoms with Crippen LogP contribution < -0.4 is 0 Å². The molecule has 0 amide bonds. The van der Waals surface area contributed by atoms with E-state index in [4.69, 9.17) is 5.26 Å². The summed E-state index contributed by atoms with van der Waals surface area (Å²) < 4.78 is 0. The third kappa shape index (κ3) is 2.18. The number of rotatable bonds is 3. The molecular weight excluding hydrogens is 126 g/mol. The first-order valence-corrected chi connectivity index (χ1v) is 3.53. The lowest BCUT2D eigenvalue weighted by molar-refractivity contribution is -0.121. The van der Waals surface area contributed by atoms with Crippen molar-refractivity contribution >= 4 is 5.78 Å². The van der Waals surface area contributed by atoms with Gasteiger partial charge in [-0.15, -0.1) is 0 Å². The second kappa shape index (κ2) is 4.05. The topological polar surface area (TPSA) is 40.9 Å². The Morgan fingerprint density at radius 1 is 1.70 bits per heavy atom. The van der Waals surface area contributed by atoms with Crippen molar-refractivity contribution in [1.29, 1.82) is 5.26 Å². The minimum Gasteiger partial charge on any atom is -0.300 e. The summed E-state index contributed by atoms with van der Waals surface area (Å²) in [7, 11) is 0. The zero-order valence-electron chi connectivity index (χ0n) is 6.72. The maximum absolute atomic E-state index is 10.8. The van der Waals surface area contributed by atoms with Crippen molar-refractivity contribution in [2.75, 3.05) is 0 Å². The molecule has 10 heavy (non-hydrogen) atoms. The molecule has 0 fully saturated rings. The molecule has 0 aliphatic rings. The molecule has 0 saturated carbocycles. The van der Waals surface area contributed by atoms with E-state index in [0.29, 0.717) is 0 Å². The third-order valence-corrected chi connectivity index (χ3v) is 1.85. The second-order valence-corrected chi connectivity index (χ2v) is 2.54. The van der Waals surface area contributed by atoms with E-state index in [0.717, 1.165) is 6.42 Å². The number of hydrogen-bond donors (Lipinski definition) is 0. The van der Waals surface area contributed by atoms with Gasteiger partial charge in [-0.3, -0.25) is 4.79 Å². The van der Waals surface area contributed by atoms with Gasteiger partial charge in [-0.1, -0.05) is 13.8 Å². The Bertz CT molecular complexity index is 157. The van der Waals surface area contributed by atoms with Crippen LogP contribution in [0.3, 0.4) is 0 Å². The monoisotopic (exact) mass is 139 g/mol. The van der Waals surface area contributed by atoms with E-state index in [1.807, 2.05) is 6.92 Å². The van der Waals surface area contributed by atoms with Gasteiger partial charge in [0.05, 0.1) is 12.0 Å². The summed E-state index contributed by atoms with van der Waals surface area (Å²) in [5.74, 6) is -0.0964. The van der Waals surface area contributed by atoms with Crippen LogP contribution in [-0.4, -0.2) is 5.78 Å². The smallest absolute Gasteiger partial charge is 0.133 e. The normalized spacial score (nSPS) is 15.4. The molecule has 0 radical (unpaired) electrons. The maximum Gasteiger partial charge on any atom is 0.133 e. The third-order valence-electron chi connectivity index (χ3n) is 1.85. The van der Waals surface area contributed by atoms with E-state index < -0.39 is 0 Å². The Kier molecular flexibility index (Phi) is 3.71. The van der Waals surface area contributed by atoms with Crippen LogP contribution in [0.2, 0.25) is 0 Å². The molecule has 0 bridgehead atoms. The lowest BCUT2D eigenvalue weighted by Crippen LogP contribution is -2.16. The fraction of sp³-hybridized carbons (Fsp3) is 0.750. The summed E-state index contributed by atoms with van der Waals surface area (Å²) in [6.45, 7) is 5.26. The number of Topliss-reactive ketones (excluding diaryl/α,β-unsaturated/α-hetero) is 1. The Balaban J connectivity index is 4.05. The lowest BCUT2D eigenvalue weighted by Gasteiger charge is -2.10. The largest absolute Gasteiger partial charge is 0.300 e. The minimum atomic E-state index is -0.102. The molecule has 0 rings (SSSR count). The molecule has 0 aromatic rings. The summed E-state index contributed by atoms with van der Waals surface area (Å²) in [6.07, 6.45) is 0.761. The Labute approximate surface area is 61.8 Å². The molecule has 0 heterocycles. The van der Waals surface area contributed by atoms with Crippen LogP contribution in [0, 0.1) is 23.2 Å². The first-order valence-electron chi connectivity index (χ1n) is 3.53. The van der Waals surface area contributed by atoms with Crippen molar-refractivity contribution in [3.05, 3.63) is 0 Å². The van der Waals surface area contributed by atoms with Gasteiger partial charge in [-0.25, -0.2) is 0 Å². The van der Waals surface area contributed by atoms with Gasteiger partial charge in [0, 0.05) is 5.92 Å². The van der Waals surface area contributed by atoms with Gasteiger partial charge in [0.2, 0.25) is 0 Å². The first kappa shape index (κ1) is 9.16. The van der Waals surface area contributed by atoms with Gasteiger partial charge in [0.15, 0.2) is 0 Å². The highest BCUT2D eigenvalue weighted by molar-refractivity contribution is 5.78. The fourth-order valence-corrected chi connectivity index (χ4v) is 0.840. The zero-order chi connectivity index (χ0) is 8.15. The average molecular weight is 139 g/mol. The second-order valence-electron chi connectivity index (χ2n) is 2.54. The van der Waals surface area contributed by atoms with Crippen LogP contribution in [-0.2, 0) is 4.79 Å². The number of nitriles is 1. The SMILES string of the molecule is CC[C@@H](C#N)[C@H](C)C(C)=O. The molecule has 0 unspecified atom stereocenters. The summed E-state index contributed by atoms with van der Waals surface area (Å²) in [5.41, 5.74) is 0. The molecule has 0 N–H and O–H groups in total. The maximum atomic E-state index is 10.8. The van der Waals surface area contributed by atoms with Crippen LogP contribution in [0.15, 0.2) is 0 Å². The van der Waals surface area contributed by atoms with Crippen molar-refractivity contribution in [2.24, 2.45) is 11.8 Å². The summed E-state index contributed by atoms with van der Waals surface area (Å²) in [4.78, 5) is 10.8. The first-order chi connectivity index (χ1) is 4.63. The standard InChI is InChI=1S/C8H13NO/c1-4-8(5-9)6(2)7(3)10/h6,8H,4H2,1-3H3/t6-,8+/m1/s1. The van der Waals surface area contributed by atoms with Gasteiger partial charge in [-0.2, -0.15) is 5.26 Å². The van der Waals surface area contributed by atoms with Crippen LogP contribution in [0.4, 0.5) is 0 Å². The van der Waals surface area contributed by atoms with Crippen molar-refractivity contribution in [2.45, 2.75) is 27.2 Å². The van der Waals surface area contributed by atoms with E-state index in [2.05, 4.69) is 6.07 Å². The quantitative estimate of drug-likeness (QED) is 0.597. The predicted octanol–water partition coefficient (Wildman–Crippen LogP) is 1.76. The number of hydrogen-bond acceptors (Lipinski definition) is 2. The molecule has 0 aromatic carbocycles. The van der Waals surface area contributed by atoms with E-state index in [1.165, 1.54) is 6.92 Å². The minimum absolute atomic E-state index is 0.0995. The summed E-state index contributed by atoms with van der Waals surface area (Å²) in [5, 5.41) is 8.54. The fourth-order valence-electron chi connectivity index (χ4n) is 0.840. The average Bonchev–Trinajstić information content (AvgIpc) is 1.90. The van der Waals surface area contributed by atoms with Crippen LogP contribution in [0.5, 0.6) is 0 Å². The molecule has 0 aliphatic carbocycles. The highest BCUT2D eigenvalue weighted by Gasteiger charge is 2.17. The lowest BCUT2D eigenvalue weighted by atomic mass is 9.90. The molecule has 0 spiro atoms. The van der Waals surface area contributed by atoms with Gasteiger partial charge < -0.3 is 0 Å². The highest BCUT2D eigenvalue weighted by Crippen LogP contribution is 2.14. The predicted molar refractivity (Wildman–Crippen MR) is 39.2 cm³/mol. The van der Waals surface area contributed by atoms with Crippen molar-refractivity contribution in [3.63, 3.8) is 0 Å². The van der Waals surface area contributed by atoms with E-state index in [1.54, 1.807) is 6.92 Å². The van der Waals surface area contributed by atoms with Crippen LogP contribution >= 0.6 is 0 Å². The molecule has 2 nitrogen and oxygen atoms in total. The van der Waals surface area contributed by atoms with Gasteiger partial charge in [0.25, 0.3) is 0 Å². The van der Waals surface area contributed by atoms with E-state index >= 15 is 0 Å². The molecule has 0 saturated heterocycles. The van der Waals surface area contributed by atoms with E-state index in [9.17, 15) is 4.79 Å². The van der Waals surface area contributed by atoms with Gasteiger partial charge >= 0.3 is 0 Å². The van der Waals surface area contributed by atoms with Crippen LogP contribution in [0.1, 0.15) is 27.2 Å². The number of ketones is 1. The van der Waals surface area contributed by atoms with Gasteiger partial charge in [0.1, 0.15) is 5.78 Å². The molecular formula is C8H13NO. The molecule has 0 aromatic heterocycles. The molecule has 2 heteroatoms. The van der Waals surface area contributed by atoms with E-state index in [-0.39, 0.29) is 17.6 Å². The molecule has 0 aliphatic heterocycles. The van der Waals surface area contributed by atoms with Gasteiger partial charge in [-0.05, 0) is 13.3 Å². The Morgan fingerprint density at radius 3 is 2.30 bits per heavy atom. The molecule has 56 valence electrons. The zero-order valence-corrected chi connectivity index (χ0v) is 6.72.